The Bertz CT molecular complexity index is 654. The lowest BCUT2D eigenvalue weighted by Gasteiger charge is -2.22. The van der Waals surface area contributed by atoms with Crippen LogP contribution >= 0.6 is 0 Å². The third-order valence-electron chi connectivity index (χ3n) is 3.54. The number of aromatic nitrogens is 1. The van der Waals surface area contributed by atoms with Crippen LogP contribution in [0.4, 0.5) is 0 Å². The smallest absolute Gasteiger partial charge is 0.236 e. The van der Waals surface area contributed by atoms with Gasteiger partial charge in [0.25, 0.3) is 0 Å². The normalized spacial score (nSPS) is 10.8. The molecule has 6 nitrogen and oxygen atoms in total. The summed E-state index contributed by atoms with van der Waals surface area (Å²) in [5.41, 5.74) is 1.81. The highest BCUT2D eigenvalue weighted by molar-refractivity contribution is 5.78. The lowest BCUT2D eigenvalue weighted by atomic mass is 10.2. The van der Waals surface area contributed by atoms with Gasteiger partial charge in [0.05, 0.1) is 19.3 Å². The Labute approximate surface area is 136 Å². The monoisotopic (exact) mass is 317 g/mol. The molecule has 0 aliphatic carbocycles. The standard InChI is InChI=1S/C17H23N3O3/c1-13-9-15(18-23-13)11-19(2)12-17(21)20(3)10-14-7-5-6-8-16(14)22-4/h5-9H,10-12H2,1-4H3. The zero-order valence-corrected chi connectivity index (χ0v) is 14.1. The van der Waals surface area contributed by atoms with E-state index in [0.29, 0.717) is 19.6 Å². The Morgan fingerprint density at radius 2 is 2.00 bits per heavy atom. The summed E-state index contributed by atoms with van der Waals surface area (Å²) in [5, 5.41) is 3.94. The fraction of sp³-hybridized carbons (Fsp3) is 0.412. The average Bonchev–Trinajstić information content (AvgIpc) is 2.92. The van der Waals surface area contributed by atoms with Gasteiger partial charge in [-0.1, -0.05) is 23.4 Å². The number of nitrogens with zero attached hydrogens (tertiary/aromatic N) is 3. The van der Waals surface area contributed by atoms with Crippen LogP contribution in [0.5, 0.6) is 5.75 Å². The zero-order chi connectivity index (χ0) is 16.8. The molecule has 0 aliphatic rings. The maximum Gasteiger partial charge on any atom is 0.236 e. The molecule has 0 aliphatic heterocycles. The highest BCUT2D eigenvalue weighted by atomic mass is 16.5. The van der Waals surface area contributed by atoms with Gasteiger partial charge < -0.3 is 14.2 Å². The van der Waals surface area contributed by atoms with E-state index in [4.69, 9.17) is 9.26 Å². The lowest BCUT2D eigenvalue weighted by molar-refractivity contribution is -0.131. The topological polar surface area (TPSA) is 58.8 Å². The summed E-state index contributed by atoms with van der Waals surface area (Å²) < 4.78 is 10.4. The maximum atomic E-state index is 12.4. The van der Waals surface area contributed by atoms with Crippen molar-refractivity contribution in [1.29, 1.82) is 0 Å². The summed E-state index contributed by atoms with van der Waals surface area (Å²) in [7, 11) is 5.32. The molecule has 0 atom stereocenters. The minimum Gasteiger partial charge on any atom is -0.496 e. The van der Waals surface area contributed by atoms with Gasteiger partial charge in [0.1, 0.15) is 11.5 Å². The first-order valence-corrected chi connectivity index (χ1v) is 7.46. The number of amides is 1. The molecule has 0 unspecified atom stereocenters. The van der Waals surface area contributed by atoms with Gasteiger partial charge in [-0.15, -0.1) is 0 Å². The largest absolute Gasteiger partial charge is 0.496 e. The first kappa shape index (κ1) is 17.0. The fourth-order valence-corrected chi connectivity index (χ4v) is 2.35. The fourth-order valence-electron chi connectivity index (χ4n) is 2.35. The third kappa shape index (κ3) is 4.82. The van der Waals surface area contributed by atoms with E-state index in [1.807, 2.05) is 49.2 Å². The van der Waals surface area contributed by atoms with Crippen molar-refractivity contribution in [3.63, 3.8) is 0 Å². The molecule has 0 fully saturated rings. The van der Waals surface area contributed by atoms with Gasteiger partial charge in [0.15, 0.2) is 0 Å². The van der Waals surface area contributed by atoms with Crippen molar-refractivity contribution >= 4 is 5.91 Å². The van der Waals surface area contributed by atoms with Crippen molar-refractivity contribution in [3.8, 4) is 5.75 Å². The van der Waals surface area contributed by atoms with Crippen LogP contribution in [-0.4, -0.2) is 48.6 Å². The highest BCUT2D eigenvalue weighted by Crippen LogP contribution is 2.18. The summed E-state index contributed by atoms with van der Waals surface area (Å²) in [5.74, 6) is 1.60. The molecule has 1 aromatic carbocycles. The molecule has 23 heavy (non-hydrogen) atoms. The zero-order valence-electron chi connectivity index (χ0n) is 14.1. The predicted molar refractivity (Wildman–Crippen MR) is 87.0 cm³/mol. The summed E-state index contributed by atoms with van der Waals surface area (Å²) in [4.78, 5) is 16.0. The van der Waals surface area contributed by atoms with Crippen molar-refractivity contribution in [2.45, 2.75) is 20.0 Å². The molecule has 0 saturated carbocycles. The van der Waals surface area contributed by atoms with Crippen LogP contribution in [-0.2, 0) is 17.9 Å². The molecule has 6 heteroatoms. The highest BCUT2D eigenvalue weighted by Gasteiger charge is 2.15. The van der Waals surface area contributed by atoms with Crippen molar-refractivity contribution in [3.05, 3.63) is 47.3 Å². The Morgan fingerprint density at radius 1 is 1.26 bits per heavy atom. The molecule has 0 N–H and O–H groups in total. The van der Waals surface area contributed by atoms with Crippen LogP contribution in [0.2, 0.25) is 0 Å². The van der Waals surface area contributed by atoms with Crippen molar-refractivity contribution in [1.82, 2.24) is 15.0 Å². The van der Waals surface area contributed by atoms with E-state index in [-0.39, 0.29) is 5.91 Å². The van der Waals surface area contributed by atoms with Crippen LogP contribution in [0.3, 0.4) is 0 Å². The van der Waals surface area contributed by atoms with Crippen molar-refractivity contribution < 1.29 is 14.1 Å². The quantitative estimate of drug-likeness (QED) is 0.782. The molecule has 0 saturated heterocycles. The number of benzene rings is 1. The predicted octanol–water partition coefficient (Wildman–Crippen LogP) is 2.08. The van der Waals surface area contributed by atoms with E-state index in [9.17, 15) is 4.79 Å². The van der Waals surface area contributed by atoms with Gasteiger partial charge in [-0.3, -0.25) is 9.69 Å². The minimum atomic E-state index is 0.0404. The number of aryl methyl sites for hydroxylation is 1. The SMILES string of the molecule is COc1ccccc1CN(C)C(=O)CN(C)Cc1cc(C)on1. The van der Waals surface area contributed by atoms with Gasteiger partial charge in [0, 0.05) is 31.8 Å². The number of carbonyl (C=O) groups excluding carboxylic acids is 1. The van der Waals surface area contributed by atoms with Gasteiger partial charge in [-0.2, -0.15) is 0 Å². The Balaban J connectivity index is 1.89. The first-order chi connectivity index (χ1) is 11.0. The molecule has 1 aromatic heterocycles. The van der Waals surface area contributed by atoms with E-state index in [0.717, 1.165) is 22.8 Å². The molecule has 0 spiro atoms. The van der Waals surface area contributed by atoms with E-state index in [1.54, 1.807) is 19.1 Å². The summed E-state index contributed by atoms with van der Waals surface area (Å²) in [6.07, 6.45) is 0. The van der Waals surface area contributed by atoms with Gasteiger partial charge in [-0.25, -0.2) is 0 Å². The summed E-state index contributed by atoms with van der Waals surface area (Å²) in [6, 6.07) is 9.59. The maximum absolute atomic E-state index is 12.4. The number of rotatable bonds is 7. The van der Waals surface area contributed by atoms with Crippen LogP contribution in [0.25, 0.3) is 0 Å². The number of ether oxygens (including phenoxy) is 1. The van der Waals surface area contributed by atoms with E-state index < -0.39 is 0 Å². The number of carbonyl (C=O) groups is 1. The molecule has 0 radical (unpaired) electrons. The van der Waals surface area contributed by atoms with Gasteiger partial charge in [-0.05, 0) is 20.0 Å². The van der Waals surface area contributed by atoms with Crippen LogP contribution in [0, 0.1) is 6.92 Å². The number of para-hydroxylation sites is 1. The molecule has 0 bridgehead atoms. The van der Waals surface area contributed by atoms with E-state index in [1.165, 1.54) is 0 Å². The van der Waals surface area contributed by atoms with Crippen LogP contribution < -0.4 is 4.74 Å². The third-order valence-corrected chi connectivity index (χ3v) is 3.54. The molecule has 1 heterocycles. The Hall–Kier alpha value is -2.34. The minimum absolute atomic E-state index is 0.0404. The molecular formula is C17H23N3O3. The second kappa shape index (κ2) is 7.78. The number of likely N-dealkylation sites (N-methyl/N-ethyl adjacent to an activating group) is 2. The summed E-state index contributed by atoms with van der Waals surface area (Å²) in [6.45, 7) is 3.26. The Kier molecular flexibility index (Phi) is 5.76. The van der Waals surface area contributed by atoms with E-state index in [2.05, 4.69) is 5.16 Å². The first-order valence-electron chi connectivity index (χ1n) is 7.46. The molecule has 2 aromatic rings. The summed E-state index contributed by atoms with van der Waals surface area (Å²) >= 11 is 0. The molecular weight excluding hydrogens is 294 g/mol. The van der Waals surface area contributed by atoms with Crippen molar-refractivity contribution in [2.24, 2.45) is 0 Å². The average molecular weight is 317 g/mol. The van der Waals surface area contributed by atoms with Gasteiger partial charge >= 0.3 is 0 Å². The number of hydrogen-bond acceptors (Lipinski definition) is 5. The van der Waals surface area contributed by atoms with Crippen LogP contribution in [0.15, 0.2) is 34.9 Å². The number of methoxy groups -OCH3 is 1. The molecule has 124 valence electrons. The van der Waals surface area contributed by atoms with Crippen molar-refractivity contribution in [2.75, 3.05) is 27.7 Å². The lowest BCUT2D eigenvalue weighted by Crippen LogP contribution is -2.36. The Morgan fingerprint density at radius 3 is 2.65 bits per heavy atom. The van der Waals surface area contributed by atoms with Gasteiger partial charge in [0.2, 0.25) is 5.91 Å². The molecule has 1 amide bonds. The molecule has 2 rings (SSSR count). The number of hydrogen-bond donors (Lipinski definition) is 0. The van der Waals surface area contributed by atoms with E-state index >= 15 is 0 Å². The second-order valence-electron chi connectivity index (χ2n) is 5.66. The van der Waals surface area contributed by atoms with Crippen LogP contribution in [0.1, 0.15) is 17.0 Å². The second-order valence-corrected chi connectivity index (χ2v) is 5.66.